The monoisotopic (exact) mass is 335 g/mol. The number of anilines is 1. The SMILES string of the molecule is Cc1ccc(NC(=O)c2nc(SC(C)C)ncc2Cl)c(C)c1. The van der Waals surface area contributed by atoms with E-state index in [4.69, 9.17) is 11.6 Å². The lowest BCUT2D eigenvalue weighted by molar-refractivity contribution is 0.102. The lowest BCUT2D eigenvalue weighted by Crippen LogP contribution is -2.16. The number of nitrogens with zero attached hydrogens (tertiary/aromatic N) is 2. The molecule has 116 valence electrons. The molecule has 0 radical (unpaired) electrons. The second-order valence-electron chi connectivity index (χ2n) is 5.29. The Kier molecular flexibility index (Phi) is 5.42. The second-order valence-corrected chi connectivity index (χ2v) is 7.24. The van der Waals surface area contributed by atoms with Crippen molar-refractivity contribution in [2.24, 2.45) is 0 Å². The fourth-order valence-electron chi connectivity index (χ4n) is 1.91. The molecule has 0 spiro atoms. The zero-order chi connectivity index (χ0) is 16.3. The number of thioether (sulfide) groups is 1. The number of aryl methyl sites for hydroxylation is 2. The van der Waals surface area contributed by atoms with Crippen LogP contribution in [0.4, 0.5) is 5.69 Å². The quantitative estimate of drug-likeness (QED) is 0.660. The number of aromatic nitrogens is 2. The number of nitrogens with one attached hydrogen (secondary N) is 1. The number of amides is 1. The maximum atomic E-state index is 12.4. The van der Waals surface area contributed by atoms with Crippen LogP contribution >= 0.6 is 23.4 Å². The van der Waals surface area contributed by atoms with Crippen molar-refractivity contribution in [3.05, 3.63) is 46.2 Å². The number of halogens is 1. The van der Waals surface area contributed by atoms with Gasteiger partial charge in [0, 0.05) is 10.9 Å². The third kappa shape index (κ3) is 4.21. The molecule has 0 aliphatic carbocycles. The van der Waals surface area contributed by atoms with Crippen LogP contribution in [0.1, 0.15) is 35.5 Å². The van der Waals surface area contributed by atoms with E-state index in [-0.39, 0.29) is 16.6 Å². The molecular weight excluding hydrogens is 318 g/mol. The highest BCUT2D eigenvalue weighted by Gasteiger charge is 2.16. The highest BCUT2D eigenvalue weighted by molar-refractivity contribution is 7.99. The fraction of sp³-hybridized carbons (Fsp3) is 0.312. The Bertz CT molecular complexity index is 704. The van der Waals surface area contributed by atoms with Gasteiger partial charge in [-0.25, -0.2) is 9.97 Å². The van der Waals surface area contributed by atoms with Gasteiger partial charge in [-0.2, -0.15) is 0 Å². The summed E-state index contributed by atoms with van der Waals surface area (Å²) >= 11 is 7.55. The van der Waals surface area contributed by atoms with E-state index in [0.717, 1.165) is 16.8 Å². The molecule has 0 fully saturated rings. The summed E-state index contributed by atoms with van der Waals surface area (Å²) in [5, 5.41) is 3.97. The van der Waals surface area contributed by atoms with E-state index in [1.165, 1.54) is 18.0 Å². The van der Waals surface area contributed by atoms with Gasteiger partial charge in [-0.05, 0) is 25.5 Å². The first kappa shape index (κ1) is 16.8. The molecule has 0 aliphatic rings. The maximum Gasteiger partial charge on any atom is 0.275 e. The molecule has 0 aliphatic heterocycles. The number of hydrogen-bond acceptors (Lipinski definition) is 4. The number of carbonyl (C=O) groups excluding carboxylic acids is 1. The summed E-state index contributed by atoms with van der Waals surface area (Å²) in [6.45, 7) is 8.04. The molecule has 2 aromatic rings. The lowest BCUT2D eigenvalue weighted by Gasteiger charge is -2.10. The van der Waals surface area contributed by atoms with Gasteiger partial charge < -0.3 is 5.32 Å². The van der Waals surface area contributed by atoms with Gasteiger partial charge in [0.15, 0.2) is 10.9 Å². The molecule has 0 bridgehead atoms. The van der Waals surface area contributed by atoms with Gasteiger partial charge in [-0.3, -0.25) is 4.79 Å². The van der Waals surface area contributed by atoms with Crippen LogP contribution in [0.25, 0.3) is 0 Å². The Hall–Kier alpha value is -1.59. The van der Waals surface area contributed by atoms with E-state index in [9.17, 15) is 4.79 Å². The molecule has 1 aromatic carbocycles. The van der Waals surface area contributed by atoms with Crippen LogP contribution < -0.4 is 5.32 Å². The molecular formula is C16H18ClN3OS. The molecule has 1 amide bonds. The van der Waals surface area contributed by atoms with Crippen molar-refractivity contribution in [2.75, 3.05) is 5.32 Å². The first-order valence-corrected chi connectivity index (χ1v) is 8.20. The average Bonchev–Trinajstić information content (AvgIpc) is 2.43. The Balaban J connectivity index is 2.25. The lowest BCUT2D eigenvalue weighted by atomic mass is 10.1. The minimum absolute atomic E-state index is 0.194. The molecule has 1 aromatic heterocycles. The topological polar surface area (TPSA) is 54.9 Å². The third-order valence-electron chi connectivity index (χ3n) is 2.91. The van der Waals surface area contributed by atoms with Gasteiger partial charge >= 0.3 is 0 Å². The van der Waals surface area contributed by atoms with Crippen molar-refractivity contribution in [1.29, 1.82) is 0 Å². The molecule has 22 heavy (non-hydrogen) atoms. The van der Waals surface area contributed by atoms with Crippen molar-refractivity contribution < 1.29 is 4.79 Å². The summed E-state index contributed by atoms with van der Waals surface area (Å²) in [5.41, 5.74) is 3.09. The normalized spacial score (nSPS) is 10.8. The molecule has 1 N–H and O–H groups in total. The van der Waals surface area contributed by atoms with Crippen molar-refractivity contribution in [3.63, 3.8) is 0 Å². The number of rotatable bonds is 4. The smallest absolute Gasteiger partial charge is 0.275 e. The Labute approximate surface area is 139 Å². The van der Waals surface area contributed by atoms with Gasteiger partial charge in [-0.1, -0.05) is 54.9 Å². The zero-order valence-electron chi connectivity index (χ0n) is 13.0. The van der Waals surface area contributed by atoms with E-state index in [1.807, 2.05) is 45.9 Å². The average molecular weight is 336 g/mol. The first-order valence-electron chi connectivity index (χ1n) is 6.94. The number of hydrogen-bond donors (Lipinski definition) is 1. The molecule has 0 saturated carbocycles. The molecule has 2 rings (SSSR count). The fourth-order valence-corrected chi connectivity index (χ4v) is 2.77. The van der Waals surface area contributed by atoms with Crippen LogP contribution in [0.3, 0.4) is 0 Å². The van der Waals surface area contributed by atoms with E-state index >= 15 is 0 Å². The van der Waals surface area contributed by atoms with Gasteiger partial charge in [-0.15, -0.1) is 0 Å². The van der Waals surface area contributed by atoms with E-state index in [0.29, 0.717) is 10.4 Å². The predicted octanol–water partition coefficient (Wildman–Crippen LogP) is 4.50. The molecule has 1 heterocycles. The van der Waals surface area contributed by atoms with Crippen LogP contribution in [0.2, 0.25) is 5.02 Å². The Morgan fingerprint density at radius 1 is 1.32 bits per heavy atom. The Morgan fingerprint density at radius 3 is 2.68 bits per heavy atom. The largest absolute Gasteiger partial charge is 0.320 e. The summed E-state index contributed by atoms with van der Waals surface area (Å²) in [4.78, 5) is 20.8. The molecule has 0 atom stereocenters. The summed E-state index contributed by atoms with van der Waals surface area (Å²) in [6.07, 6.45) is 1.47. The molecule has 0 saturated heterocycles. The molecule has 0 unspecified atom stereocenters. The molecule has 4 nitrogen and oxygen atoms in total. The Morgan fingerprint density at radius 2 is 2.05 bits per heavy atom. The maximum absolute atomic E-state index is 12.4. The summed E-state index contributed by atoms with van der Waals surface area (Å²) in [6, 6.07) is 5.84. The van der Waals surface area contributed by atoms with Crippen molar-refractivity contribution >= 4 is 35.0 Å². The van der Waals surface area contributed by atoms with Gasteiger partial charge in [0.25, 0.3) is 5.91 Å². The first-order chi connectivity index (χ1) is 10.4. The third-order valence-corrected chi connectivity index (χ3v) is 4.06. The van der Waals surface area contributed by atoms with E-state index in [2.05, 4.69) is 15.3 Å². The highest BCUT2D eigenvalue weighted by atomic mass is 35.5. The van der Waals surface area contributed by atoms with E-state index < -0.39 is 0 Å². The van der Waals surface area contributed by atoms with Crippen LogP contribution in [0.15, 0.2) is 29.6 Å². The molecule has 6 heteroatoms. The number of carbonyl (C=O) groups is 1. The highest BCUT2D eigenvalue weighted by Crippen LogP contribution is 2.23. The standard InChI is InChI=1S/C16H18ClN3OS/c1-9(2)22-16-18-8-12(17)14(20-16)15(21)19-13-6-5-10(3)7-11(13)4/h5-9H,1-4H3,(H,19,21). The zero-order valence-corrected chi connectivity index (χ0v) is 14.5. The van der Waals surface area contributed by atoms with Gasteiger partial charge in [0.2, 0.25) is 0 Å². The van der Waals surface area contributed by atoms with Gasteiger partial charge in [0.05, 0.1) is 11.2 Å². The summed E-state index contributed by atoms with van der Waals surface area (Å²) in [7, 11) is 0. The van der Waals surface area contributed by atoms with Crippen molar-refractivity contribution in [1.82, 2.24) is 9.97 Å². The van der Waals surface area contributed by atoms with Crippen LogP contribution in [-0.2, 0) is 0 Å². The minimum Gasteiger partial charge on any atom is -0.320 e. The van der Waals surface area contributed by atoms with E-state index in [1.54, 1.807) is 0 Å². The van der Waals surface area contributed by atoms with Crippen molar-refractivity contribution in [3.8, 4) is 0 Å². The summed E-state index contributed by atoms with van der Waals surface area (Å²) < 4.78 is 0. The second kappa shape index (κ2) is 7.11. The van der Waals surface area contributed by atoms with Crippen LogP contribution in [0, 0.1) is 13.8 Å². The van der Waals surface area contributed by atoms with Gasteiger partial charge in [0.1, 0.15) is 0 Å². The number of benzene rings is 1. The van der Waals surface area contributed by atoms with Crippen LogP contribution in [0.5, 0.6) is 0 Å². The van der Waals surface area contributed by atoms with Crippen molar-refractivity contribution in [2.45, 2.75) is 38.1 Å². The summed E-state index contributed by atoms with van der Waals surface area (Å²) in [5.74, 6) is -0.329. The predicted molar refractivity (Wildman–Crippen MR) is 91.9 cm³/mol. The van der Waals surface area contributed by atoms with Crippen LogP contribution in [-0.4, -0.2) is 21.1 Å². The minimum atomic E-state index is -0.329.